The van der Waals surface area contributed by atoms with Crippen molar-refractivity contribution in [1.29, 1.82) is 0 Å². The summed E-state index contributed by atoms with van der Waals surface area (Å²) in [6, 6.07) is 19.9. The van der Waals surface area contributed by atoms with E-state index in [0.717, 1.165) is 52.5 Å². The monoisotopic (exact) mass is 751 g/mol. The quantitative estimate of drug-likeness (QED) is 0.118. The molecule has 6 rings (SSSR count). The Morgan fingerprint density at radius 2 is 1.51 bits per heavy atom. The Hall–Kier alpha value is -5.56. The molecule has 1 aliphatic heterocycles. The molecule has 5 aromatic rings. The molecule has 1 amide bonds. The molecule has 13 heteroatoms. The molecule has 0 aliphatic carbocycles. The predicted octanol–water partition coefficient (Wildman–Crippen LogP) is 6.97. The number of carbonyl (C=O) groups is 1. The largest absolute Gasteiger partial charge is 0.497 e. The van der Waals surface area contributed by atoms with Crippen molar-refractivity contribution in [1.82, 2.24) is 24.5 Å². The molecule has 292 valence electrons. The number of piperazine rings is 1. The second-order valence-corrected chi connectivity index (χ2v) is 14.8. The number of aliphatic hydroxyl groups is 1. The number of methoxy groups -OCH3 is 2. The highest BCUT2D eigenvalue weighted by molar-refractivity contribution is 5.71. The number of aliphatic hydroxyl groups excluding tert-OH is 1. The van der Waals surface area contributed by atoms with E-state index < -0.39 is 11.7 Å². The maximum absolute atomic E-state index is 12.6. The number of imidazole rings is 1. The summed E-state index contributed by atoms with van der Waals surface area (Å²) in [6.45, 7) is 13.7. The van der Waals surface area contributed by atoms with Crippen LogP contribution in [0.3, 0.4) is 0 Å². The second-order valence-electron chi connectivity index (χ2n) is 14.8. The van der Waals surface area contributed by atoms with Gasteiger partial charge in [-0.2, -0.15) is 0 Å². The number of unbranched alkanes of at least 4 members (excludes halogenated alkanes) is 1. The summed E-state index contributed by atoms with van der Waals surface area (Å²) in [5.74, 6) is 2.83. The van der Waals surface area contributed by atoms with Gasteiger partial charge in [0.2, 0.25) is 5.88 Å². The van der Waals surface area contributed by atoms with E-state index in [-0.39, 0.29) is 6.09 Å². The van der Waals surface area contributed by atoms with Gasteiger partial charge in [-0.1, -0.05) is 37.6 Å². The Labute approximate surface area is 323 Å². The number of aromatic nitrogens is 4. The SMILES string of the molecule is CCCCOc1cc(N(Cc2ccc(OC)cc2)Cc2ccc(OC)cc2)c2ncc(C(O)c3cnc(N4CCN(C(=O)OC(C)(C)C)CC4)c(C)c3)n2n1. The van der Waals surface area contributed by atoms with E-state index in [1.54, 1.807) is 36.0 Å². The Morgan fingerprint density at radius 3 is 2.05 bits per heavy atom. The lowest BCUT2D eigenvalue weighted by molar-refractivity contribution is 0.0240. The number of benzene rings is 2. The predicted molar refractivity (Wildman–Crippen MR) is 212 cm³/mol. The number of anilines is 2. The third-order valence-corrected chi connectivity index (χ3v) is 9.50. The molecule has 4 heterocycles. The summed E-state index contributed by atoms with van der Waals surface area (Å²) in [5, 5.41) is 16.8. The molecule has 1 N–H and O–H groups in total. The number of amides is 1. The lowest BCUT2D eigenvalue weighted by Gasteiger charge is -2.36. The van der Waals surface area contributed by atoms with Crippen molar-refractivity contribution in [2.45, 2.75) is 72.3 Å². The Balaban J connectivity index is 1.31. The highest BCUT2D eigenvalue weighted by Crippen LogP contribution is 2.33. The van der Waals surface area contributed by atoms with Gasteiger partial charge in [0, 0.05) is 57.1 Å². The highest BCUT2D eigenvalue weighted by Gasteiger charge is 2.28. The van der Waals surface area contributed by atoms with Crippen LogP contribution in [-0.2, 0) is 17.8 Å². The van der Waals surface area contributed by atoms with Gasteiger partial charge in [-0.15, -0.1) is 5.10 Å². The first-order valence-electron chi connectivity index (χ1n) is 18.9. The molecule has 1 fully saturated rings. The van der Waals surface area contributed by atoms with Crippen molar-refractivity contribution in [3.05, 3.63) is 101 Å². The number of pyridine rings is 1. The molecule has 1 saturated heterocycles. The summed E-state index contributed by atoms with van der Waals surface area (Å²) >= 11 is 0. The van der Waals surface area contributed by atoms with Crippen molar-refractivity contribution in [2.75, 3.05) is 56.8 Å². The fourth-order valence-electron chi connectivity index (χ4n) is 6.56. The minimum atomic E-state index is -1.07. The van der Waals surface area contributed by atoms with Crippen LogP contribution in [0.2, 0.25) is 0 Å². The number of fused-ring (bicyclic) bond motifs is 1. The molecule has 55 heavy (non-hydrogen) atoms. The van der Waals surface area contributed by atoms with Gasteiger partial charge in [0.15, 0.2) is 5.65 Å². The number of hydrogen-bond donors (Lipinski definition) is 1. The zero-order valence-corrected chi connectivity index (χ0v) is 33.0. The first-order valence-corrected chi connectivity index (χ1v) is 18.9. The Bertz CT molecular complexity index is 1990. The van der Waals surface area contributed by atoms with Crippen molar-refractivity contribution in [3.63, 3.8) is 0 Å². The minimum absolute atomic E-state index is 0.302. The van der Waals surface area contributed by atoms with Crippen LogP contribution < -0.4 is 24.0 Å². The van der Waals surface area contributed by atoms with Crippen LogP contribution in [0.4, 0.5) is 16.3 Å². The number of nitrogens with zero attached hydrogens (tertiary/aromatic N) is 7. The van der Waals surface area contributed by atoms with Crippen LogP contribution in [0.25, 0.3) is 5.65 Å². The fraction of sp³-hybridized carbons (Fsp3) is 0.429. The lowest BCUT2D eigenvalue weighted by atomic mass is 10.1. The third kappa shape index (κ3) is 9.58. The molecule has 13 nitrogen and oxygen atoms in total. The van der Waals surface area contributed by atoms with E-state index >= 15 is 0 Å². The number of carbonyl (C=O) groups excluding carboxylic acids is 1. The van der Waals surface area contributed by atoms with Crippen LogP contribution in [0, 0.1) is 6.92 Å². The van der Waals surface area contributed by atoms with Gasteiger partial charge in [0.1, 0.15) is 29.0 Å². The molecule has 0 saturated carbocycles. The van der Waals surface area contributed by atoms with Gasteiger partial charge >= 0.3 is 6.09 Å². The number of rotatable bonds is 14. The van der Waals surface area contributed by atoms with Gasteiger partial charge in [-0.05, 0) is 81.1 Å². The topological polar surface area (TPSA) is 127 Å². The zero-order chi connectivity index (χ0) is 39.1. The van der Waals surface area contributed by atoms with Crippen LogP contribution in [0.15, 0.2) is 73.1 Å². The Morgan fingerprint density at radius 1 is 0.891 bits per heavy atom. The third-order valence-electron chi connectivity index (χ3n) is 9.50. The standard InChI is InChI=1S/C42H53N7O6/c1-8-9-22-54-37-24-35(48(27-30-10-14-33(52-6)15-11-30)28-31-12-16-34(53-7)17-13-31)40-44-26-36(49(40)45-37)38(50)32-23-29(2)39(43-25-32)46-18-20-47(21-19-46)41(51)55-42(3,4)5/h10-17,23-26,38,50H,8-9,18-22,27-28H2,1-7H3. The minimum Gasteiger partial charge on any atom is -0.497 e. The summed E-state index contributed by atoms with van der Waals surface area (Å²) in [4.78, 5) is 28.4. The summed E-state index contributed by atoms with van der Waals surface area (Å²) in [5.41, 5.74) is 5.03. The number of hydrogen-bond acceptors (Lipinski definition) is 11. The highest BCUT2D eigenvalue weighted by atomic mass is 16.6. The molecule has 3 aromatic heterocycles. The van der Waals surface area contributed by atoms with Gasteiger partial charge in [-0.25, -0.2) is 19.3 Å². The smallest absolute Gasteiger partial charge is 0.410 e. The molecular formula is C42H53N7O6. The maximum Gasteiger partial charge on any atom is 0.410 e. The molecule has 1 unspecified atom stereocenters. The summed E-state index contributed by atoms with van der Waals surface area (Å²) in [6.07, 6.45) is 3.86. The van der Waals surface area contributed by atoms with Crippen LogP contribution in [0.1, 0.15) is 74.6 Å². The van der Waals surface area contributed by atoms with Crippen molar-refractivity contribution >= 4 is 23.2 Å². The van der Waals surface area contributed by atoms with Crippen molar-refractivity contribution in [3.8, 4) is 17.4 Å². The molecule has 1 atom stereocenters. The van der Waals surface area contributed by atoms with Crippen LogP contribution in [-0.4, -0.2) is 88.3 Å². The molecular weight excluding hydrogens is 699 g/mol. The van der Waals surface area contributed by atoms with E-state index in [0.29, 0.717) is 68.7 Å². The van der Waals surface area contributed by atoms with Gasteiger partial charge < -0.3 is 38.8 Å². The maximum atomic E-state index is 12.6. The zero-order valence-electron chi connectivity index (χ0n) is 33.0. The first-order chi connectivity index (χ1) is 26.5. The number of ether oxygens (including phenoxy) is 4. The Kier molecular flexibility index (Phi) is 12.3. The normalized spacial score (nSPS) is 13.8. The van der Waals surface area contributed by atoms with Gasteiger partial charge in [0.25, 0.3) is 0 Å². The molecule has 0 radical (unpaired) electrons. The number of aryl methyl sites for hydroxylation is 1. The van der Waals surface area contributed by atoms with E-state index in [1.807, 2.05) is 64.1 Å². The fourth-order valence-corrected chi connectivity index (χ4v) is 6.56. The van der Waals surface area contributed by atoms with Crippen molar-refractivity contribution in [2.24, 2.45) is 0 Å². The lowest BCUT2D eigenvalue weighted by Crippen LogP contribution is -2.50. The summed E-state index contributed by atoms with van der Waals surface area (Å²) < 4.78 is 24.3. The average molecular weight is 752 g/mol. The molecule has 0 spiro atoms. The van der Waals surface area contributed by atoms with Crippen molar-refractivity contribution < 1.29 is 28.8 Å². The molecule has 0 bridgehead atoms. The second kappa shape index (κ2) is 17.3. The summed E-state index contributed by atoms with van der Waals surface area (Å²) in [7, 11) is 3.32. The first kappa shape index (κ1) is 39.1. The average Bonchev–Trinajstić information content (AvgIpc) is 3.61. The van der Waals surface area contributed by atoms with Crippen LogP contribution >= 0.6 is 0 Å². The van der Waals surface area contributed by atoms with E-state index in [1.165, 1.54) is 0 Å². The van der Waals surface area contributed by atoms with Crippen LogP contribution in [0.5, 0.6) is 17.4 Å². The van der Waals surface area contributed by atoms with Gasteiger partial charge in [0.05, 0.1) is 38.4 Å². The molecule has 1 aliphatic rings. The molecule has 2 aromatic carbocycles. The van der Waals surface area contributed by atoms with E-state index in [4.69, 9.17) is 34.0 Å². The van der Waals surface area contributed by atoms with E-state index in [9.17, 15) is 9.90 Å². The van der Waals surface area contributed by atoms with Gasteiger partial charge in [-0.3, -0.25) is 0 Å². The van der Waals surface area contributed by atoms with E-state index in [2.05, 4.69) is 41.0 Å².